The lowest BCUT2D eigenvalue weighted by Gasteiger charge is -2.06. The van der Waals surface area contributed by atoms with Crippen LogP contribution in [0.15, 0.2) is 48.9 Å². The summed E-state index contributed by atoms with van der Waals surface area (Å²) in [5, 5.41) is 0. The molecule has 0 bridgehead atoms. The molecule has 0 spiro atoms. The molecule has 4 heteroatoms. The van der Waals surface area contributed by atoms with Gasteiger partial charge in [0.2, 0.25) is 0 Å². The Hall–Kier alpha value is -2.62. The SMILES string of the molecule is Cc1ccc2nc(Cn3ccc4ccnc-4c3)[nH]c2c1. The molecular weight excluding hydrogens is 248 g/mol. The van der Waals surface area contributed by atoms with Crippen LogP contribution < -0.4 is 0 Å². The molecule has 4 rings (SSSR count). The van der Waals surface area contributed by atoms with Crippen molar-refractivity contribution in [3.8, 4) is 11.3 Å². The van der Waals surface area contributed by atoms with Crippen LogP contribution in [0, 0.1) is 6.92 Å². The lowest BCUT2D eigenvalue weighted by molar-refractivity contribution is 0.752. The average molecular weight is 262 g/mol. The molecule has 2 aromatic rings. The molecule has 2 aliphatic rings. The highest BCUT2D eigenvalue weighted by Crippen LogP contribution is 2.19. The fraction of sp³-hybridized carbons (Fsp3) is 0.125. The maximum atomic E-state index is 4.62. The summed E-state index contributed by atoms with van der Waals surface area (Å²) < 4.78 is 2.10. The van der Waals surface area contributed by atoms with E-state index in [1.54, 1.807) is 0 Å². The summed E-state index contributed by atoms with van der Waals surface area (Å²) in [4.78, 5) is 12.3. The summed E-state index contributed by atoms with van der Waals surface area (Å²) in [6.07, 6.45) is 5.94. The number of hydrogen-bond acceptors (Lipinski definition) is 2. The Morgan fingerprint density at radius 1 is 1.20 bits per heavy atom. The normalized spacial score (nSPS) is 11.4. The fourth-order valence-corrected chi connectivity index (χ4v) is 2.51. The van der Waals surface area contributed by atoms with Gasteiger partial charge in [-0.2, -0.15) is 0 Å². The van der Waals surface area contributed by atoms with E-state index >= 15 is 0 Å². The molecule has 3 heterocycles. The van der Waals surface area contributed by atoms with E-state index in [1.165, 1.54) is 11.1 Å². The number of nitrogens with one attached hydrogen (secondary N) is 1. The number of aromatic amines is 1. The van der Waals surface area contributed by atoms with E-state index in [4.69, 9.17) is 0 Å². The van der Waals surface area contributed by atoms with E-state index < -0.39 is 0 Å². The molecule has 0 atom stereocenters. The van der Waals surface area contributed by atoms with E-state index in [0.717, 1.165) is 29.1 Å². The minimum Gasteiger partial charge on any atom is -0.345 e. The highest BCUT2D eigenvalue weighted by atomic mass is 15.0. The number of pyridine rings is 1. The Balaban J connectivity index is 1.71. The van der Waals surface area contributed by atoms with Gasteiger partial charge < -0.3 is 9.55 Å². The van der Waals surface area contributed by atoms with Gasteiger partial charge in [-0.1, -0.05) is 6.07 Å². The quantitative estimate of drug-likeness (QED) is 0.603. The predicted octanol–water partition coefficient (Wildman–Crippen LogP) is 3.22. The van der Waals surface area contributed by atoms with Crippen LogP contribution in [-0.2, 0) is 6.54 Å². The summed E-state index contributed by atoms with van der Waals surface area (Å²) >= 11 is 0. The molecule has 1 N–H and O–H groups in total. The van der Waals surface area contributed by atoms with Gasteiger partial charge in [0.1, 0.15) is 5.82 Å². The van der Waals surface area contributed by atoms with Gasteiger partial charge in [0, 0.05) is 24.2 Å². The summed E-state index contributed by atoms with van der Waals surface area (Å²) in [5.74, 6) is 0.960. The van der Waals surface area contributed by atoms with Crippen LogP contribution in [0.25, 0.3) is 22.3 Å². The monoisotopic (exact) mass is 262 g/mol. The zero-order valence-electron chi connectivity index (χ0n) is 11.2. The number of hydrogen-bond donors (Lipinski definition) is 1. The molecule has 4 nitrogen and oxygen atoms in total. The third kappa shape index (κ3) is 1.86. The van der Waals surface area contributed by atoms with Crippen LogP contribution in [0.2, 0.25) is 0 Å². The Bertz CT molecular complexity index is 856. The molecule has 0 aliphatic carbocycles. The molecule has 2 aliphatic heterocycles. The average Bonchev–Trinajstić information content (AvgIpc) is 3.03. The molecule has 1 aromatic heterocycles. The Kier molecular flexibility index (Phi) is 2.36. The molecule has 0 amide bonds. The van der Waals surface area contributed by atoms with Crippen molar-refractivity contribution in [2.24, 2.45) is 0 Å². The Morgan fingerprint density at radius 2 is 2.15 bits per heavy atom. The van der Waals surface area contributed by atoms with Crippen LogP contribution in [-0.4, -0.2) is 19.5 Å². The van der Waals surface area contributed by atoms with Gasteiger partial charge in [-0.3, -0.25) is 4.98 Å². The maximum absolute atomic E-state index is 4.62. The molecule has 0 saturated carbocycles. The van der Waals surface area contributed by atoms with Crippen LogP contribution in [0.5, 0.6) is 0 Å². The van der Waals surface area contributed by atoms with Gasteiger partial charge >= 0.3 is 0 Å². The third-order valence-corrected chi connectivity index (χ3v) is 3.52. The molecule has 20 heavy (non-hydrogen) atoms. The molecule has 0 radical (unpaired) electrons. The van der Waals surface area contributed by atoms with Gasteiger partial charge in [0.25, 0.3) is 0 Å². The summed E-state index contributed by atoms with van der Waals surface area (Å²) in [6.45, 7) is 2.81. The summed E-state index contributed by atoms with van der Waals surface area (Å²) in [5.41, 5.74) is 5.52. The second kappa shape index (κ2) is 4.20. The zero-order chi connectivity index (χ0) is 13.5. The largest absolute Gasteiger partial charge is 0.345 e. The number of imidazole rings is 1. The minimum atomic E-state index is 0.719. The van der Waals surface area contributed by atoms with E-state index in [-0.39, 0.29) is 0 Å². The molecule has 0 saturated heterocycles. The van der Waals surface area contributed by atoms with Crippen LogP contribution in [0.1, 0.15) is 11.4 Å². The van der Waals surface area contributed by atoms with Crippen LogP contribution in [0.4, 0.5) is 0 Å². The van der Waals surface area contributed by atoms with Crippen molar-refractivity contribution in [3.63, 3.8) is 0 Å². The molecule has 0 fully saturated rings. The highest BCUT2D eigenvalue weighted by Gasteiger charge is 2.06. The molecule has 98 valence electrons. The number of aromatic nitrogens is 4. The van der Waals surface area contributed by atoms with Crippen LogP contribution >= 0.6 is 0 Å². The predicted molar refractivity (Wildman–Crippen MR) is 78.8 cm³/mol. The van der Waals surface area contributed by atoms with Crippen LogP contribution in [0.3, 0.4) is 0 Å². The van der Waals surface area contributed by atoms with Crippen molar-refractivity contribution < 1.29 is 0 Å². The van der Waals surface area contributed by atoms with E-state index in [2.05, 4.69) is 56.9 Å². The lowest BCUT2D eigenvalue weighted by atomic mass is 10.2. The lowest BCUT2D eigenvalue weighted by Crippen LogP contribution is -2.02. The van der Waals surface area contributed by atoms with Crippen molar-refractivity contribution in [3.05, 3.63) is 60.3 Å². The van der Waals surface area contributed by atoms with Gasteiger partial charge in [-0.05, 0) is 36.8 Å². The van der Waals surface area contributed by atoms with Gasteiger partial charge in [-0.25, -0.2) is 4.98 Å². The standard InChI is InChI=1S/C16H14N4/c1-11-2-3-13-14(8-11)19-16(18-13)10-20-7-5-12-4-6-17-15(12)9-20/h2-9H,10H2,1H3,(H,18,19). The zero-order valence-corrected chi connectivity index (χ0v) is 11.2. The second-order valence-corrected chi connectivity index (χ2v) is 5.11. The van der Waals surface area contributed by atoms with Crippen molar-refractivity contribution in [2.75, 3.05) is 0 Å². The third-order valence-electron chi connectivity index (χ3n) is 3.52. The van der Waals surface area contributed by atoms with Crippen molar-refractivity contribution in [1.82, 2.24) is 19.5 Å². The maximum Gasteiger partial charge on any atom is 0.127 e. The topological polar surface area (TPSA) is 46.5 Å². The first kappa shape index (κ1) is 11.2. The van der Waals surface area contributed by atoms with E-state index in [0.29, 0.717) is 0 Å². The van der Waals surface area contributed by atoms with Crippen molar-refractivity contribution in [1.29, 1.82) is 0 Å². The van der Waals surface area contributed by atoms with Gasteiger partial charge in [0.05, 0.1) is 23.3 Å². The fourth-order valence-electron chi connectivity index (χ4n) is 2.51. The first-order valence-corrected chi connectivity index (χ1v) is 6.64. The first-order chi connectivity index (χ1) is 9.78. The molecule has 1 aromatic carbocycles. The van der Waals surface area contributed by atoms with Gasteiger partial charge in [-0.15, -0.1) is 0 Å². The number of rotatable bonds is 2. The number of nitrogens with zero attached hydrogens (tertiary/aromatic N) is 3. The number of H-pyrrole nitrogens is 1. The Labute approximate surface area is 116 Å². The van der Waals surface area contributed by atoms with Crippen molar-refractivity contribution in [2.45, 2.75) is 13.5 Å². The van der Waals surface area contributed by atoms with Crippen molar-refractivity contribution >= 4 is 11.0 Å². The first-order valence-electron chi connectivity index (χ1n) is 6.64. The molecular formula is C16H14N4. The number of aryl methyl sites for hydroxylation is 1. The summed E-state index contributed by atoms with van der Waals surface area (Å²) in [7, 11) is 0. The van der Waals surface area contributed by atoms with Gasteiger partial charge in [0.15, 0.2) is 0 Å². The number of fused-ring (bicyclic) bond motifs is 2. The van der Waals surface area contributed by atoms with E-state index in [1.807, 2.05) is 18.5 Å². The highest BCUT2D eigenvalue weighted by molar-refractivity contribution is 5.75. The smallest absolute Gasteiger partial charge is 0.127 e. The van der Waals surface area contributed by atoms with E-state index in [9.17, 15) is 0 Å². The molecule has 0 unspecified atom stereocenters. The minimum absolute atomic E-state index is 0.719. The summed E-state index contributed by atoms with van der Waals surface area (Å²) in [6, 6.07) is 10.4. The second-order valence-electron chi connectivity index (χ2n) is 5.11. The number of benzene rings is 1. The Morgan fingerprint density at radius 3 is 3.10 bits per heavy atom.